The highest BCUT2D eigenvalue weighted by molar-refractivity contribution is 5.76. The largest absolute Gasteiger partial charge is 0.435 e. The maximum absolute atomic E-state index is 13.2. The zero-order valence-corrected chi connectivity index (χ0v) is 14.6. The van der Waals surface area contributed by atoms with E-state index >= 15 is 0 Å². The number of hydrogen-bond acceptors (Lipinski definition) is 2. The van der Waals surface area contributed by atoms with Gasteiger partial charge in [0.05, 0.1) is 6.04 Å². The number of nitrogens with one attached hydrogen (secondary N) is 1. The molecule has 3 rings (SSSR count). The number of benzene rings is 1. The lowest BCUT2D eigenvalue weighted by molar-refractivity contribution is -0.142. The van der Waals surface area contributed by atoms with Crippen LogP contribution in [0.5, 0.6) is 0 Å². The van der Waals surface area contributed by atoms with Gasteiger partial charge in [-0.2, -0.15) is 18.3 Å². The average molecular weight is 365 g/mol. The maximum atomic E-state index is 13.2. The summed E-state index contributed by atoms with van der Waals surface area (Å²) in [6, 6.07) is 9.36. The van der Waals surface area contributed by atoms with Crippen LogP contribution in [-0.2, 0) is 30.4 Å². The van der Waals surface area contributed by atoms with Gasteiger partial charge in [0.25, 0.3) is 0 Å². The molecule has 1 aliphatic carbocycles. The van der Waals surface area contributed by atoms with Gasteiger partial charge < -0.3 is 5.32 Å². The normalized spacial score (nSPS) is 15.4. The molecule has 0 saturated heterocycles. The van der Waals surface area contributed by atoms with E-state index in [-0.39, 0.29) is 24.1 Å². The summed E-state index contributed by atoms with van der Waals surface area (Å²) < 4.78 is 40.9. The number of carbonyl (C=O) groups excluding carboxylic acids is 1. The van der Waals surface area contributed by atoms with Crippen LogP contribution < -0.4 is 5.32 Å². The number of amides is 1. The Hall–Kier alpha value is -2.31. The molecule has 1 aromatic heterocycles. The number of fused-ring (bicyclic) bond motifs is 1. The van der Waals surface area contributed by atoms with Crippen molar-refractivity contribution in [2.24, 2.45) is 0 Å². The number of nitrogens with zero attached hydrogens (tertiary/aromatic N) is 2. The van der Waals surface area contributed by atoms with Crippen LogP contribution in [0.4, 0.5) is 13.2 Å². The third kappa shape index (κ3) is 3.92. The smallest absolute Gasteiger partial charge is 0.348 e. The van der Waals surface area contributed by atoms with E-state index in [0.717, 1.165) is 18.4 Å². The fraction of sp³-hybridized carbons (Fsp3) is 0.474. The van der Waals surface area contributed by atoms with Crippen LogP contribution in [0.3, 0.4) is 0 Å². The average Bonchev–Trinajstić information content (AvgIpc) is 2.99. The van der Waals surface area contributed by atoms with Crippen LogP contribution in [0.2, 0.25) is 0 Å². The number of hydrogen-bond donors (Lipinski definition) is 1. The Bertz CT molecular complexity index is 768. The van der Waals surface area contributed by atoms with Gasteiger partial charge in [0.15, 0.2) is 5.69 Å². The minimum atomic E-state index is -4.49. The minimum absolute atomic E-state index is 0.169. The highest BCUT2D eigenvalue weighted by Crippen LogP contribution is 2.35. The Balaban J connectivity index is 1.78. The van der Waals surface area contributed by atoms with E-state index in [2.05, 4.69) is 10.4 Å². The van der Waals surface area contributed by atoms with E-state index in [0.29, 0.717) is 25.0 Å². The van der Waals surface area contributed by atoms with Gasteiger partial charge in [-0.15, -0.1) is 0 Å². The van der Waals surface area contributed by atoms with E-state index in [1.54, 1.807) is 0 Å². The van der Waals surface area contributed by atoms with Crippen LogP contribution in [-0.4, -0.2) is 15.7 Å². The van der Waals surface area contributed by atoms with Crippen LogP contribution in [0.15, 0.2) is 30.3 Å². The molecule has 0 saturated carbocycles. The number of aromatic nitrogens is 2. The number of alkyl halides is 3. The van der Waals surface area contributed by atoms with Gasteiger partial charge in [0, 0.05) is 11.3 Å². The predicted molar refractivity (Wildman–Crippen MR) is 91.5 cm³/mol. The Morgan fingerprint density at radius 2 is 1.92 bits per heavy atom. The molecular weight excluding hydrogens is 343 g/mol. The van der Waals surface area contributed by atoms with Crippen molar-refractivity contribution in [3.63, 3.8) is 0 Å². The molecule has 0 spiro atoms. The van der Waals surface area contributed by atoms with Crippen molar-refractivity contribution in [2.45, 2.75) is 57.8 Å². The first-order valence-corrected chi connectivity index (χ1v) is 8.90. The second kappa shape index (κ2) is 7.51. The minimum Gasteiger partial charge on any atom is -0.348 e. The third-order valence-corrected chi connectivity index (χ3v) is 4.76. The molecule has 1 atom stereocenters. The molecule has 0 radical (unpaired) electrons. The molecule has 26 heavy (non-hydrogen) atoms. The lowest BCUT2D eigenvalue weighted by Gasteiger charge is -2.18. The van der Waals surface area contributed by atoms with Gasteiger partial charge >= 0.3 is 6.18 Å². The Kier molecular flexibility index (Phi) is 5.34. The van der Waals surface area contributed by atoms with Gasteiger partial charge in [-0.25, -0.2) is 0 Å². The lowest BCUT2D eigenvalue weighted by Crippen LogP contribution is -2.32. The van der Waals surface area contributed by atoms with Gasteiger partial charge in [0.2, 0.25) is 5.91 Å². The first-order valence-electron chi connectivity index (χ1n) is 8.90. The van der Waals surface area contributed by atoms with Gasteiger partial charge in [-0.05, 0) is 37.7 Å². The van der Waals surface area contributed by atoms with Gasteiger partial charge in [-0.3, -0.25) is 9.48 Å². The quantitative estimate of drug-likeness (QED) is 0.869. The van der Waals surface area contributed by atoms with Crippen molar-refractivity contribution < 1.29 is 18.0 Å². The molecule has 0 fully saturated rings. The molecule has 1 amide bonds. The Morgan fingerprint density at radius 3 is 2.58 bits per heavy atom. The highest BCUT2D eigenvalue weighted by atomic mass is 19.4. The Morgan fingerprint density at radius 1 is 1.23 bits per heavy atom. The summed E-state index contributed by atoms with van der Waals surface area (Å²) in [6.07, 6.45) is -1.35. The maximum Gasteiger partial charge on any atom is 0.435 e. The zero-order chi connectivity index (χ0) is 18.7. The summed E-state index contributed by atoms with van der Waals surface area (Å²) in [5.74, 6) is -0.328. The monoisotopic (exact) mass is 365 g/mol. The molecule has 0 bridgehead atoms. The summed E-state index contributed by atoms with van der Waals surface area (Å²) in [5, 5.41) is 6.65. The van der Waals surface area contributed by atoms with Crippen LogP contribution in [0.25, 0.3) is 0 Å². The molecule has 0 aliphatic heterocycles. The first kappa shape index (κ1) is 18.5. The summed E-state index contributed by atoms with van der Waals surface area (Å²) in [6.45, 7) is 1.76. The molecule has 2 aromatic rings. The van der Waals surface area contributed by atoms with Crippen LogP contribution in [0.1, 0.15) is 54.7 Å². The molecule has 4 nitrogen and oxygen atoms in total. The second-order valence-electron chi connectivity index (χ2n) is 6.58. The molecular formula is C19H22F3N3O. The standard InChI is InChI=1S/C19H22F3N3O/c1-2-15(13-8-4-3-5-9-13)23-17(26)12-25-16-11-7-6-10-14(16)18(24-25)19(20,21)22/h3-5,8-9,15H,2,6-7,10-12H2,1H3,(H,23,26). The van der Waals surface area contributed by atoms with E-state index in [4.69, 9.17) is 0 Å². The fourth-order valence-corrected chi connectivity index (χ4v) is 3.51. The Labute approximate surface area is 150 Å². The van der Waals surface area contributed by atoms with E-state index in [1.807, 2.05) is 37.3 Å². The van der Waals surface area contributed by atoms with Crippen molar-refractivity contribution in [2.75, 3.05) is 0 Å². The zero-order valence-electron chi connectivity index (χ0n) is 14.6. The lowest BCUT2D eigenvalue weighted by atomic mass is 9.95. The number of rotatable bonds is 5. The van der Waals surface area contributed by atoms with Crippen LogP contribution >= 0.6 is 0 Å². The van der Waals surface area contributed by atoms with Crippen molar-refractivity contribution >= 4 is 5.91 Å². The van der Waals surface area contributed by atoms with Crippen molar-refractivity contribution in [1.29, 1.82) is 0 Å². The van der Waals surface area contributed by atoms with Gasteiger partial charge in [0.1, 0.15) is 6.54 Å². The van der Waals surface area contributed by atoms with E-state index < -0.39 is 11.9 Å². The summed E-state index contributed by atoms with van der Waals surface area (Å²) in [7, 11) is 0. The van der Waals surface area contributed by atoms with E-state index in [1.165, 1.54) is 4.68 Å². The van der Waals surface area contributed by atoms with E-state index in [9.17, 15) is 18.0 Å². The summed E-state index contributed by atoms with van der Waals surface area (Å²) >= 11 is 0. The second-order valence-corrected chi connectivity index (χ2v) is 6.58. The first-order chi connectivity index (χ1) is 12.4. The van der Waals surface area contributed by atoms with Crippen molar-refractivity contribution in [1.82, 2.24) is 15.1 Å². The van der Waals surface area contributed by atoms with Crippen molar-refractivity contribution in [3.05, 3.63) is 52.8 Å². The molecule has 140 valence electrons. The molecule has 1 aliphatic rings. The SMILES string of the molecule is CCC(NC(=O)Cn1nc(C(F)(F)F)c2c1CCCC2)c1ccccc1. The topological polar surface area (TPSA) is 46.9 Å². The van der Waals surface area contributed by atoms with Gasteiger partial charge in [-0.1, -0.05) is 37.3 Å². The van der Waals surface area contributed by atoms with Crippen LogP contribution in [0, 0.1) is 0 Å². The molecule has 1 heterocycles. The fourth-order valence-electron chi connectivity index (χ4n) is 3.51. The summed E-state index contributed by atoms with van der Waals surface area (Å²) in [4.78, 5) is 12.4. The molecule has 1 unspecified atom stereocenters. The van der Waals surface area contributed by atoms with Crippen molar-refractivity contribution in [3.8, 4) is 0 Å². The highest BCUT2D eigenvalue weighted by Gasteiger charge is 2.39. The molecule has 1 N–H and O–H groups in total. The number of halogens is 3. The third-order valence-electron chi connectivity index (χ3n) is 4.76. The summed E-state index contributed by atoms with van der Waals surface area (Å²) in [5.41, 5.74) is 0.940. The molecule has 1 aromatic carbocycles. The number of carbonyl (C=O) groups is 1. The molecule has 7 heteroatoms. The predicted octanol–water partition coefficient (Wildman–Crippen LogP) is 4.05.